The Bertz CT molecular complexity index is 921. The lowest BCUT2D eigenvalue weighted by Gasteiger charge is -2.32. The van der Waals surface area contributed by atoms with Crippen molar-refractivity contribution in [2.24, 2.45) is 5.92 Å². The van der Waals surface area contributed by atoms with Crippen molar-refractivity contribution in [3.8, 4) is 11.5 Å². The van der Waals surface area contributed by atoms with E-state index >= 15 is 0 Å². The Hall–Kier alpha value is -3.02. The van der Waals surface area contributed by atoms with Gasteiger partial charge in [-0.15, -0.1) is 0 Å². The first kappa shape index (κ1) is 22.7. The molecule has 31 heavy (non-hydrogen) atoms. The largest absolute Gasteiger partial charge is 0.493 e. The van der Waals surface area contributed by atoms with Crippen molar-refractivity contribution in [1.29, 1.82) is 0 Å². The van der Waals surface area contributed by atoms with Crippen LogP contribution in [-0.4, -0.2) is 43.5 Å². The van der Waals surface area contributed by atoms with Crippen LogP contribution in [-0.2, 0) is 11.3 Å². The summed E-state index contributed by atoms with van der Waals surface area (Å²) in [5, 5.41) is 3.02. The van der Waals surface area contributed by atoms with Gasteiger partial charge in [0.15, 0.2) is 11.5 Å². The van der Waals surface area contributed by atoms with Gasteiger partial charge in [-0.2, -0.15) is 0 Å². The molecule has 6 nitrogen and oxygen atoms in total. The maximum Gasteiger partial charge on any atom is 0.253 e. The van der Waals surface area contributed by atoms with Crippen LogP contribution in [0.5, 0.6) is 11.5 Å². The molecule has 1 heterocycles. The van der Waals surface area contributed by atoms with Crippen LogP contribution >= 0.6 is 0 Å². The molecule has 0 aliphatic carbocycles. The smallest absolute Gasteiger partial charge is 0.253 e. The second-order valence-electron chi connectivity index (χ2n) is 8.10. The monoisotopic (exact) mass is 424 g/mol. The van der Waals surface area contributed by atoms with E-state index in [1.54, 1.807) is 7.11 Å². The van der Waals surface area contributed by atoms with E-state index in [4.69, 9.17) is 9.47 Å². The molecular formula is C25H32N2O4. The van der Waals surface area contributed by atoms with E-state index in [1.807, 2.05) is 56.0 Å². The zero-order chi connectivity index (χ0) is 22.4. The third-order valence-electron chi connectivity index (χ3n) is 5.54. The summed E-state index contributed by atoms with van der Waals surface area (Å²) in [4.78, 5) is 27.6. The zero-order valence-corrected chi connectivity index (χ0v) is 18.9. The van der Waals surface area contributed by atoms with Gasteiger partial charge in [-0.1, -0.05) is 23.3 Å². The summed E-state index contributed by atoms with van der Waals surface area (Å²) in [6.45, 7) is 7.99. The number of nitrogens with one attached hydrogen (secondary N) is 1. The Morgan fingerprint density at radius 3 is 2.52 bits per heavy atom. The Balaban J connectivity index is 1.61. The number of amides is 2. The van der Waals surface area contributed by atoms with Crippen LogP contribution in [0.3, 0.4) is 0 Å². The summed E-state index contributed by atoms with van der Waals surface area (Å²) >= 11 is 0. The molecule has 1 fully saturated rings. The van der Waals surface area contributed by atoms with E-state index in [9.17, 15) is 9.59 Å². The highest BCUT2D eigenvalue weighted by atomic mass is 16.5. The van der Waals surface area contributed by atoms with E-state index in [2.05, 4.69) is 11.4 Å². The van der Waals surface area contributed by atoms with Gasteiger partial charge in [0.05, 0.1) is 19.6 Å². The summed E-state index contributed by atoms with van der Waals surface area (Å²) < 4.78 is 10.9. The van der Waals surface area contributed by atoms with Gasteiger partial charge in [0, 0.05) is 25.2 Å². The number of likely N-dealkylation sites (tertiary alicyclic amines) is 1. The predicted molar refractivity (Wildman–Crippen MR) is 121 cm³/mol. The van der Waals surface area contributed by atoms with Gasteiger partial charge in [-0.05, 0) is 63.4 Å². The third-order valence-corrected chi connectivity index (χ3v) is 5.54. The highest BCUT2D eigenvalue weighted by Crippen LogP contribution is 2.28. The number of ether oxygens (including phenoxy) is 2. The quantitative estimate of drug-likeness (QED) is 0.733. The molecule has 1 atom stereocenters. The molecule has 1 N–H and O–H groups in total. The van der Waals surface area contributed by atoms with Crippen LogP contribution in [0.25, 0.3) is 0 Å². The van der Waals surface area contributed by atoms with Crippen molar-refractivity contribution < 1.29 is 19.1 Å². The van der Waals surface area contributed by atoms with E-state index < -0.39 is 0 Å². The molecular weight excluding hydrogens is 392 g/mol. The van der Waals surface area contributed by atoms with E-state index in [0.29, 0.717) is 43.3 Å². The number of hydrogen-bond donors (Lipinski definition) is 1. The van der Waals surface area contributed by atoms with E-state index in [1.165, 1.54) is 0 Å². The van der Waals surface area contributed by atoms with Gasteiger partial charge in [0.1, 0.15) is 0 Å². The molecule has 1 aliphatic heterocycles. The van der Waals surface area contributed by atoms with Crippen molar-refractivity contribution in [2.45, 2.75) is 40.2 Å². The number of methoxy groups -OCH3 is 1. The van der Waals surface area contributed by atoms with Crippen LogP contribution in [0, 0.1) is 19.8 Å². The van der Waals surface area contributed by atoms with Gasteiger partial charge in [0.25, 0.3) is 5.91 Å². The second-order valence-corrected chi connectivity index (χ2v) is 8.10. The highest BCUT2D eigenvalue weighted by molar-refractivity contribution is 5.95. The Morgan fingerprint density at radius 2 is 1.84 bits per heavy atom. The fourth-order valence-electron chi connectivity index (χ4n) is 4.09. The normalized spacial score (nSPS) is 16.0. The molecule has 1 aliphatic rings. The minimum Gasteiger partial charge on any atom is -0.493 e. The number of nitrogens with zero attached hydrogens (tertiary/aromatic N) is 1. The second kappa shape index (κ2) is 10.3. The standard InChI is InChI=1S/C25H32N2O4/c1-5-31-23-14-19(8-9-22(23)30-4)15-26-24(28)20-7-6-10-27(16-20)25(29)21-12-17(2)11-18(3)13-21/h8-9,11-14,20H,5-7,10,15-16H2,1-4H3,(H,26,28). The van der Waals surface area contributed by atoms with Crippen molar-refractivity contribution in [1.82, 2.24) is 10.2 Å². The van der Waals surface area contributed by atoms with Crippen molar-refractivity contribution in [3.05, 3.63) is 58.7 Å². The minimum atomic E-state index is -0.201. The summed E-state index contributed by atoms with van der Waals surface area (Å²) in [5.41, 5.74) is 3.78. The van der Waals surface area contributed by atoms with Gasteiger partial charge >= 0.3 is 0 Å². The first-order valence-electron chi connectivity index (χ1n) is 10.9. The predicted octanol–water partition coefficient (Wildman–Crippen LogP) is 3.88. The molecule has 0 saturated carbocycles. The minimum absolute atomic E-state index is 0.000751. The number of benzene rings is 2. The number of piperidine rings is 1. The van der Waals surface area contributed by atoms with Gasteiger partial charge in [-0.25, -0.2) is 0 Å². The van der Waals surface area contributed by atoms with Crippen LogP contribution in [0.4, 0.5) is 0 Å². The Labute approximate surface area is 184 Å². The fraction of sp³-hybridized carbons (Fsp3) is 0.440. The maximum absolute atomic E-state index is 13.0. The highest BCUT2D eigenvalue weighted by Gasteiger charge is 2.29. The lowest BCUT2D eigenvalue weighted by atomic mass is 9.96. The van der Waals surface area contributed by atoms with E-state index in [-0.39, 0.29) is 17.7 Å². The van der Waals surface area contributed by atoms with Crippen molar-refractivity contribution >= 4 is 11.8 Å². The summed E-state index contributed by atoms with van der Waals surface area (Å²) in [5.74, 6) is 1.12. The lowest BCUT2D eigenvalue weighted by molar-refractivity contribution is -0.126. The molecule has 0 spiro atoms. The SMILES string of the molecule is CCOc1cc(CNC(=O)C2CCCN(C(=O)c3cc(C)cc(C)c3)C2)ccc1OC. The van der Waals surface area contributed by atoms with Crippen LogP contribution in [0.1, 0.15) is 46.8 Å². The maximum atomic E-state index is 13.0. The first-order valence-corrected chi connectivity index (χ1v) is 10.9. The molecule has 6 heteroatoms. The van der Waals surface area contributed by atoms with E-state index in [0.717, 1.165) is 29.5 Å². The lowest BCUT2D eigenvalue weighted by Crippen LogP contribution is -2.45. The average molecular weight is 425 g/mol. The molecule has 2 amide bonds. The molecule has 0 bridgehead atoms. The van der Waals surface area contributed by atoms with Gasteiger partial charge in [0.2, 0.25) is 5.91 Å². The molecule has 1 saturated heterocycles. The van der Waals surface area contributed by atoms with Gasteiger partial charge < -0.3 is 19.7 Å². The molecule has 2 aromatic carbocycles. The molecule has 1 unspecified atom stereocenters. The van der Waals surface area contributed by atoms with Crippen LogP contribution in [0.15, 0.2) is 36.4 Å². The number of carbonyl (C=O) groups excluding carboxylic acids is 2. The topological polar surface area (TPSA) is 67.9 Å². The van der Waals surface area contributed by atoms with Crippen LogP contribution < -0.4 is 14.8 Å². The third kappa shape index (κ3) is 5.78. The molecule has 0 radical (unpaired) electrons. The first-order chi connectivity index (χ1) is 14.9. The number of rotatable bonds is 7. The molecule has 166 valence electrons. The fourth-order valence-corrected chi connectivity index (χ4v) is 4.09. The van der Waals surface area contributed by atoms with Crippen LogP contribution in [0.2, 0.25) is 0 Å². The van der Waals surface area contributed by atoms with Crippen molar-refractivity contribution in [2.75, 3.05) is 26.8 Å². The average Bonchev–Trinajstić information content (AvgIpc) is 2.76. The number of carbonyl (C=O) groups is 2. The van der Waals surface area contributed by atoms with Gasteiger partial charge in [-0.3, -0.25) is 9.59 Å². The zero-order valence-electron chi connectivity index (χ0n) is 18.9. The molecule has 2 aromatic rings. The summed E-state index contributed by atoms with van der Waals surface area (Å²) in [6, 6.07) is 11.5. The number of hydrogen-bond acceptors (Lipinski definition) is 4. The Kier molecular flexibility index (Phi) is 7.55. The summed E-state index contributed by atoms with van der Waals surface area (Å²) in [7, 11) is 1.60. The number of aryl methyl sites for hydroxylation is 2. The molecule has 0 aromatic heterocycles. The van der Waals surface area contributed by atoms with Crippen molar-refractivity contribution in [3.63, 3.8) is 0 Å². The summed E-state index contributed by atoms with van der Waals surface area (Å²) in [6.07, 6.45) is 1.61. The molecule has 3 rings (SSSR count). The Morgan fingerprint density at radius 1 is 1.10 bits per heavy atom.